The number of amides is 4. The van der Waals surface area contributed by atoms with E-state index < -0.39 is 30.3 Å². The van der Waals surface area contributed by atoms with E-state index in [1.54, 1.807) is 6.92 Å². The van der Waals surface area contributed by atoms with Crippen molar-refractivity contribution in [1.82, 2.24) is 35.1 Å². The first-order chi connectivity index (χ1) is 29.8. The minimum Gasteiger partial charge on any atom is -0.493 e. The molecule has 16 heteroatoms. The molecular weight excluding hydrogens is 793 g/mol. The molecule has 2 saturated heterocycles. The topological polar surface area (TPSA) is 193 Å². The molecule has 3 N–H and O–H groups in total. The molecule has 62 heavy (non-hydrogen) atoms. The predicted molar refractivity (Wildman–Crippen MR) is 233 cm³/mol. The number of alkyl carbamates (subject to hydrolysis) is 1. The van der Waals surface area contributed by atoms with Gasteiger partial charge < -0.3 is 44.0 Å². The van der Waals surface area contributed by atoms with Crippen LogP contribution in [0.25, 0.3) is 27.4 Å². The molecule has 2 aromatic carbocycles. The SMILES string of the molecule is COC(=O)N=CC(C(=O)N1C[C@@H](C)CC1c1nc2c(ccc3cc4c(cc32)OCC2C=C(c3cnc(C5CC[C@H](C)N5C(=O)[C@@H](NC(=O)OC)C(C)C)[nH]3)C=CC42)[nH]1)[C@H](C)OC. The molecule has 0 radical (unpaired) electrons. The van der Waals surface area contributed by atoms with Gasteiger partial charge in [-0.05, 0) is 74.1 Å². The number of fused-ring (bicyclic) bond motifs is 6. The van der Waals surface area contributed by atoms with Crippen LogP contribution in [0.5, 0.6) is 5.75 Å². The number of aromatic nitrogens is 4. The first-order valence-electron chi connectivity index (χ1n) is 21.5. The van der Waals surface area contributed by atoms with Gasteiger partial charge in [0.15, 0.2) is 0 Å². The van der Waals surface area contributed by atoms with Gasteiger partial charge in [0.1, 0.15) is 23.4 Å². The highest BCUT2D eigenvalue weighted by Crippen LogP contribution is 2.46. The molecule has 2 fully saturated rings. The number of hydrogen-bond acceptors (Lipinski definition) is 10. The van der Waals surface area contributed by atoms with E-state index in [0.717, 1.165) is 69.5 Å². The maximum atomic E-state index is 14.1. The molecule has 5 unspecified atom stereocenters. The van der Waals surface area contributed by atoms with Crippen molar-refractivity contribution >= 4 is 57.6 Å². The maximum absolute atomic E-state index is 14.1. The first kappa shape index (κ1) is 42.7. The van der Waals surface area contributed by atoms with Crippen LogP contribution in [0.2, 0.25) is 0 Å². The van der Waals surface area contributed by atoms with Crippen LogP contribution in [0, 0.1) is 23.7 Å². The molecule has 4 aromatic rings. The van der Waals surface area contributed by atoms with Crippen molar-refractivity contribution in [2.45, 2.75) is 90.1 Å². The number of methoxy groups -OCH3 is 3. The second-order valence-corrected chi connectivity index (χ2v) is 17.5. The average molecular weight is 849 g/mol. The quantitative estimate of drug-likeness (QED) is 0.140. The number of benzene rings is 2. The van der Waals surface area contributed by atoms with E-state index in [-0.39, 0.29) is 53.6 Å². The van der Waals surface area contributed by atoms with Crippen LogP contribution >= 0.6 is 0 Å². The molecule has 2 aromatic heterocycles. The smallest absolute Gasteiger partial charge is 0.432 e. The lowest BCUT2D eigenvalue weighted by atomic mass is 9.78. The van der Waals surface area contributed by atoms with Gasteiger partial charge in [-0.1, -0.05) is 45.1 Å². The zero-order valence-electron chi connectivity index (χ0n) is 36.5. The summed E-state index contributed by atoms with van der Waals surface area (Å²) in [5.74, 6) is 1.39. The van der Waals surface area contributed by atoms with E-state index in [1.165, 1.54) is 27.5 Å². The van der Waals surface area contributed by atoms with Gasteiger partial charge in [0.25, 0.3) is 0 Å². The molecule has 4 amide bonds. The van der Waals surface area contributed by atoms with Gasteiger partial charge in [-0.15, -0.1) is 0 Å². The number of rotatable bonds is 10. The summed E-state index contributed by atoms with van der Waals surface area (Å²) in [6.07, 6.45) is 10.1. The van der Waals surface area contributed by atoms with E-state index in [4.69, 9.17) is 24.2 Å². The molecular formula is C46H56N8O8. The number of carbonyl (C=O) groups is 4. The van der Waals surface area contributed by atoms with Crippen LogP contribution in [0.15, 0.2) is 53.7 Å². The van der Waals surface area contributed by atoms with Crippen LogP contribution in [-0.2, 0) is 23.8 Å². The minimum absolute atomic E-state index is 0.0132. The maximum Gasteiger partial charge on any atom is 0.432 e. The van der Waals surface area contributed by atoms with Crippen molar-refractivity contribution < 1.29 is 38.1 Å². The van der Waals surface area contributed by atoms with Crippen LogP contribution in [0.1, 0.15) is 94.8 Å². The Morgan fingerprint density at radius 1 is 1.00 bits per heavy atom. The number of H-pyrrole nitrogens is 2. The molecule has 4 aliphatic rings. The minimum atomic E-state index is -0.785. The lowest BCUT2D eigenvalue weighted by Gasteiger charge is -2.33. The Labute approximate surface area is 360 Å². The molecule has 0 bridgehead atoms. The summed E-state index contributed by atoms with van der Waals surface area (Å²) in [6.45, 7) is 10.8. The highest BCUT2D eigenvalue weighted by atomic mass is 16.5. The van der Waals surface area contributed by atoms with Gasteiger partial charge in [-0.25, -0.2) is 19.6 Å². The van der Waals surface area contributed by atoms with Gasteiger partial charge in [-0.2, -0.15) is 4.99 Å². The van der Waals surface area contributed by atoms with Gasteiger partial charge in [0.05, 0.1) is 67.9 Å². The fourth-order valence-corrected chi connectivity index (χ4v) is 9.60. The van der Waals surface area contributed by atoms with Crippen LogP contribution < -0.4 is 10.1 Å². The van der Waals surface area contributed by atoms with Crippen molar-refractivity contribution in [3.05, 3.63) is 71.6 Å². The Morgan fingerprint density at radius 2 is 1.81 bits per heavy atom. The predicted octanol–water partition coefficient (Wildman–Crippen LogP) is 7.02. The molecule has 3 aliphatic heterocycles. The zero-order valence-corrected chi connectivity index (χ0v) is 36.5. The monoisotopic (exact) mass is 848 g/mol. The number of aromatic amines is 2. The summed E-state index contributed by atoms with van der Waals surface area (Å²) in [7, 11) is 4.06. The zero-order chi connectivity index (χ0) is 44.0. The number of nitrogens with one attached hydrogen (secondary N) is 3. The van der Waals surface area contributed by atoms with E-state index in [9.17, 15) is 19.2 Å². The Kier molecular flexibility index (Phi) is 12.0. The van der Waals surface area contributed by atoms with Gasteiger partial charge >= 0.3 is 12.2 Å². The molecule has 5 heterocycles. The lowest BCUT2D eigenvalue weighted by molar-refractivity contribution is -0.138. The van der Waals surface area contributed by atoms with Crippen LogP contribution in [-0.4, -0.2) is 113 Å². The fraction of sp³-hybridized carbons (Fsp3) is 0.500. The third-order valence-corrected chi connectivity index (χ3v) is 13.1. The van der Waals surface area contributed by atoms with E-state index in [0.29, 0.717) is 19.0 Å². The van der Waals surface area contributed by atoms with Gasteiger partial charge in [0, 0.05) is 48.7 Å². The molecule has 16 nitrogen and oxygen atoms in total. The lowest BCUT2D eigenvalue weighted by Crippen LogP contribution is -2.52. The molecule has 0 spiro atoms. The molecule has 1 aliphatic carbocycles. The van der Waals surface area contributed by atoms with Crippen molar-refractivity contribution in [3.8, 4) is 5.75 Å². The molecule has 9 atom stereocenters. The van der Waals surface area contributed by atoms with Crippen molar-refractivity contribution in [2.24, 2.45) is 28.7 Å². The van der Waals surface area contributed by atoms with Crippen LogP contribution in [0.4, 0.5) is 9.59 Å². The first-order valence-corrected chi connectivity index (χ1v) is 21.5. The Bertz CT molecular complexity index is 2470. The Balaban J connectivity index is 1.02. The van der Waals surface area contributed by atoms with Crippen molar-refractivity contribution in [2.75, 3.05) is 34.5 Å². The van der Waals surface area contributed by atoms with E-state index >= 15 is 0 Å². The average Bonchev–Trinajstić information content (AvgIpc) is 4.09. The summed E-state index contributed by atoms with van der Waals surface area (Å²) in [6, 6.07) is 7.13. The van der Waals surface area contributed by atoms with E-state index in [2.05, 4.69) is 68.4 Å². The van der Waals surface area contributed by atoms with Gasteiger partial charge in [-0.3, -0.25) is 9.59 Å². The summed E-state index contributed by atoms with van der Waals surface area (Å²) in [5, 5.41) is 4.72. The highest BCUT2D eigenvalue weighted by Gasteiger charge is 2.42. The fourth-order valence-electron chi connectivity index (χ4n) is 9.60. The Morgan fingerprint density at radius 3 is 2.55 bits per heavy atom. The second-order valence-electron chi connectivity index (χ2n) is 17.5. The molecule has 8 rings (SSSR count). The Hall–Kier alpha value is -6.03. The number of ether oxygens (including phenoxy) is 4. The number of allylic oxidation sites excluding steroid dienone is 3. The summed E-state index contributed by atoms with van der Waals surface area (Å²) >= 11 is 0. The molecule has 328 valence electrons. The standard InChI is InChI=1S/C46H56N8O8/c1-23(2)39(52-46(58)61-8)44(56)54-25(4)9-14-36(54)41-47-20-35(50-41)28-10-12-30-29(16-28)22-62-38-18-31-27(17-32(30)38)11-13-34-40(31)51-42(49-34)37-15-24(3)21-53(37)43(55)33(26(5)59-6)19-48-45(57)60-7/h10-13,16-20,23-26,29-30,33,36-37,39H,9,14-15,21-22H2,1-8H3,(H,47,50)(H,49,51)(H,52,58)/t24-,25-,26-,29?,30?,33?,36?,37?,39-/m0/s1. The number of aliphatic imine (C=N–C) groups is 1. The number of nitrogens with zero attached hydrogens (tertiary/aromatic N) is 5. The number of likely N-dealkylation sites (tertiary alicyclic amines) is 2. The number of hydrogen-bond donors (Lipinski definition) is 3. The summed E-state index contributed by atoms with van der Waals surface area (Å²) in [5.41, 5.74) is 4.64. The highest BCUT2D eigenvalue weighted by molar-refractivity contribution is 6.05. The third kappa shape index (κ3) is 7.96. The molecule has 0 saturated carbocycles. The summed E-state index contributed by atoms with van der Waals surface area (Å²) in [4.78, 5) is 76.3. The van der Waals surface area contributed by atoms with Crippen molar-refractivity contribution in [1.29, 1.82) is 0 Å². The number of carbonyl (C=O) groups excluding carboxylic acids is 4. The number of imidazole rings is 2. The normalized spacial score (nSPS) is 24.8. The van der Waals surface area contributed by atoms with E-state index in [1.807, 2.05) is 42.8 Å². The summed E-state index contributed by atoms with van der Waals surface area (Å²) < 4.78 is 21.5. The van der Waals surface area contributed by atoms with Gasteiger partial charge in [0.2, 0.25) is 11.8 Å². The van der Waals surface area contributed by atoms with Crippen molar-refractivity contribution in [3.63, 3.8) is 0 Å². The largest absolute Gasteiger partial charge is 0.493 e. The second kappa shape index (κ2) is 17.4. The third-order valence-electron chi connectivity index (χ3n) is 13.1. The van der Waals surface area contributed by atoms with Crippen LogP contribution in [0.3, 0.4) is 0 Å².